The van der Waals surface area contributed by atoms with Crippen molar-refractivity contribution < 1.29 is 9.90 Å². The van der Waals surface area contributed by atoms with E-state index in [0.29, 0.717) is 11.8 Å². The molecule has 2 heterocycles. The third kappa shape index (κ3) is 1.99. The number of carbonyl (C=O) groups is 1. The van der Waals surface area contributed by atoms with Crippen LogP contribution in [0.1, 0.15) is 22.6 Å². The van der Waals surface area contributed by atoms with Gasteiger partial charge in [-0.25, -0.2) is 0 Å². The Morgan fingerprint density at radius 2 is 2.42 bits per heavy atom. The van der Waals surface area contributed by atoms with Crippen LogP contribution in [-0.2, 0) is 11.2 Å². The Bertz CT molecular complexity index is 665. The van der Waals surface area contributed by atoms with Gasteiger partial charge in [0.05, 0.1) is 6.42 Å². The number of carboxylic acid groups (broad SMARTS) is 1. The summed E-state index contributed by atoms with van der Waals surface area (Å²) in [5.74, 6) is 0.105. The first-order valence-corrected chi connectivity index (χ1v) is 7.58. The van der Waals surface area contributed by atoms with Crippen LogP contribution in [0.15, 0.2) is 11.4 Å². The van der Waals surface area contributed by atoms with Gasteiger partial charge in [0.1, 0.15) is 0 Å². The Hall–Kier alpha value is -1.26. The Morgan fingerprint density at radius 1 is 1.63 bits per heavy atom. The number of benzene rings is 1. The van der Waals surface area contributed by atoms with Crippen molar-refractivity contribution >= 4 is 44.7 Å². The highest BCUT2D eigenvalue weighted by Crippen LogP contribution is 2.43. The van der Waals surface area contributed by atoms with Crippen LogP contribution in [0.25, 0.3) is 10.1 Å². The molecule has 100 valence electrons. The number of anilines is 1. The topological polar surface area (TPSA) is 49.3 Å². The van der Waals surface area contributed by atoms with Gasteiger partial charge in [0.15, 0.2) is 0 Å². The van der Waals surface area contributed by atoms with Crippen LogP contribution in [-0.4, -0.2) is 23.5 Å². The van der Waals surface area contributed by atoms with Gasteiger partial charge in [0.25, 0.3) is 0 Å². The molecule has 0 radical (unpaired) electrons. The van der Waals surface area contributed by atoms with Crippen molar-refractivity contribution in [2.24, 2.45) is 0 Å². The number of halogens is 1. The molecule has 0 spiro atoms. The zero-order valence-electron chi connectivity index (χ0n) is 10.5. The predicted octanol–water partition coefficient (Wildman–Crippen LogP) is 3.58. The van der Waals surface area contributed by atoms with E-state index in [2.05, 4.69) is 17.6 Å². The molecule has 1 aromatic heterocycles. The highest BCUT2D eigenvalue weighted by molar-refractivity contribution is 7.17. The average Bonchev–Trinajstić information content (AvgIpc) is 2.92. The first-order valence-electron chi connectivity index (χ1n) is 6.17. The number of nitrogens with one attached hydrogen (secondary N) is 1. The van der Waals surface area contributed by atoms with Crippen LogP contribution in [0.3, 0.4) is 0 Å². The molecule has 3 rings (SSSR count). The SMILES string of the molecule is Cc1csc2c(CC(=O)O)cc3c(c12)[C@H](CCl)CN3. The molecule has 19 heavy (non-hydrogen) atoms. The number of thiophene rings is 1. The van der Waals surface area contributed by atoms with E-state index >= 15 is 0 Å². The predicted molar refractivity (Wildman–Crippen MR) is 79.9 cm³/mol. The number of alkyl halides is 1. The summed E-state index contributed by atoms with van der Waals surface area (Å²) in [6, 6.07) is 1.98. The summed E-state index contributed by atoms with van der Waals surface area (Å²) in [5.41, 5.74) is 4.41. The van der Waals surface area contributed by atoms with Crippen molar-refractivity contribution in [3.05, 3.63) is 28.1 Å². The number of hydrogen-bond donors (Lipinski definition) is 2. The molecule has 1 aromatic carbocycles. The lowest BCUT2D eigenvalue weighted by molar-refractivity contribution is -0.136. The van der Waals surface area contributed by atoms with E-state index in [9.17, 15) is 4.79 Å². The van der Waals surface area contributed by atoms with Crippen LogP contribution in [0.4, 0.5) is 5.69 Å². The maximum absolute atomic E-state index is 11.0. The fraction of sp³-hybridized carbons (Fsp3) is 0.357. The zero-order valence-corrected chi connectivity index (χ0v) is 12.1. The van der Waals surface area contributed by atoms with E-state index in [-0.39, 0.29) is 6.42 Å². The van der Waals surface area contributed by atoms with Crippen molar-refractivity contribution in [3.63, 3.8) is 0 Å². The minimum atomic E-state index is -0.792. The van der Waals surface area contributed by atoms with Crippen molar-refractivity contribution in [1.82, 2.24) is 0 Å². The highest BCUT2D eigenvalue weighted by atomic mass is 35.5. The number of aryl methyl sites for hydroxylation is 1. The van der Waals surface area contributed by atoms with Gasteiger partial charge in [-0.2, -0.15) is 0 Å². The third-order valence-corrected chi connectivity index (χ3v) is 5.17. The van der Waals surface area contributed by atoms with Gasteiger partial charge in [-0.05, 0) is 35.1 Å². The molecule has 0 fully saturated rings. The minimum Gasteiger partial charge on any atom is -0.481 e. The Balaban J connectivity index is 2.28. The maximum atomic E-state index is 11.0. The molecule has 3 nitrogen and oxygen atoms in total. The molecule has 0 saturated carbocycles. The van der Waals surface area contributed by atoms with Crippen LogP contribution < -0.4 is 5.32 Å². The van der Waals surface area contributed by atoms with Crippen LogP contribution in [0.5, 0.6) is 0 Å². The third-order valence-electron chi connectivity index (χ3n) is 3.62. The second-order valence-electron chi connectivity index (χ2n) is 4.92. The first-order chi connectivity index (χ1) is 9.11. The summed E-state index contributed by atoms with van der Waals surface area (Å²) in [7, 11) is 0. The summed E-state index contributed by atoms with van der Waals surface area (Å²) in [6.45, 7) is 2.91. The summed E-state index contributed by atoms with van der Waals surface area (Å²) >= 11 is 7.68. The van der Waals surface area contributed by atoms with Crippen LogP contribution in [0.2, 0.25) is 0 Å². The van der Waals surface area contributed by atoms with Gasteiger partial charge >= 0.3 is 5.97 Å². The Labute approximate surface area is 120 Å². The highest BCUT2D eigenvalue weighted by Gasteiger charge is 2.27. The number of aliphatic carboxylic acids is 1. The molecule has 0 aliphatic carbocycles. The lowest BCUT2D eigenvalue weighted by Gasteiger charge is -2.11. The summed E-state index contributed by atoms with van der Waals surface area (Å²) in [4.78, 5) is 11.0. The largest absolute Gasteiger partial charge is 0.481 e. The van der Waals surface area contributed by atoms with E-state index in [4.69, 9.17) is 16.7 Å². The molecule has 1 atom stereocenters. The molecule has 1 aliphatic heterocycles. The molecule has 0 amide bonds. The normalized spacial score (nSPS) is 17.5. The molecule has 2 aromatic rings. The molecule has 5 heteroatoms. The lowest BCUT2D eigenvalue weighted by Crippen LogP contribution is -2.03. The molecular weight excluding hydrogens is 282 g/mol. The van der Waals surface area contributed by atoms with Crippen molar-refractivity contribution in [2.75, 3.05) is 17.7 Å². The molecule has 2 N–H and O–H groups in total. The standard InChI is InChI=1S/C14H14ClNO2S/c1-7-6-19-14-8(3-11(17)18)2-10-13(12(7)14)9(4-15)5-16-10/h2,6,9,16H,3-5H2,1H3,(H,17,18)/t9-/m1/s1. The van der Waals surface area contributed by atoms with Gasteiger partial charge in [-0.1, -0.05) is 0 Å². The Morgan fingerprint density at radius 3 is 3.11 bits per heavy atom. The fourth-order valence-electron chi connectivity index (χ4n) is 2.80. The maximum Gasteiger partial charge on any atom is 0.307 e. The van der Waals surface area contributed by atoms with E-state index in [1.54, 1.807) is 11.3 Å². The summed E-state index contributed by atoms with van der Waals surface area (Å²) in [6.07, 6.45) is 0.0664. The summed E-state index contributed by atoms with van der Waals surface area (Å²) in [5, 5.41) is 15.7. The van der Waals surface area contributed by atoms with Gasteiger partial charge in [0, 0.05) is 34.1 Å². The van der Waals surface area contributed by atoms with Crippen molar-refractivity contribution in [1.29, 1.82) is 0 Å². The van der Waals surface area contributed by atoms with Gasteiger partial charge in [-0.3, -0.25) is 4.79 Å². The van der Waals surface area contributed by atoms with E-state index in [0.717, 1.165) is 22.5 Å². The molecule has 0 bridgehead atoms. The number of rotatable bonds is 3. The van der Waals surface area contributed by atoms with E-state index in [1.165, 1.54) is 16.5 Å². The van der Waals surface area contributed by atoms with Crippen LogP contribution >= 0.6 is 22.9 Å². The number of fused-ring (bicyclic) bond motifs is 3. The van der Waals surface area contributed by atoms with Crippen molar-refractivity contribution in [3.8, 4) is 0 Å². The van der Waals surface area contributed by atoms with Gasteiger partial charge < -0.3 is 10.4 Å². The molecular formula is C14H14ClNO2S. The average molecular weight is 296 g/mol. The second-order valence-corrected chi connectivity index (χ2v) is 6.11. The molecule has 1 aliphatic rings. The van der Waals surface area contributed by atoms with Gasteiger partial charge in [-0.15, -0.1) is 22.9 Å². The zero-order chi connectivity index (χ0) is 13.6. The first kappa shape index (κ1) is 12.8. The molecule has 0 unspecified atom stereocenters. The van der Waals surface area contributed by atoms with Crippen LogP contribution in [0, 0.1) is 6.92 Å². The Kier molecular flexibility index (Phi) is 3.15. The monoisotopic (exact) mass is 295 g/mol. The summed E-state index contributed by atoms with van der Waals surface area (Å²) < 4.78 is 1.09. The fourth-order valence-corrected chi connectivity index (χ4v) is 4.15. The smallest absolute Gasteiger partial charge is 0.307 e. The quantitative estimate of drug-likeness (QED) is 0.851. The minimum absolute atomic E-state index is 0.0664. The van der Waals surface area contributed by atoms with Crippen molar-refractivity contribution in [2.45, 2.75) is 19.3 Å². The lowest BCUT2D eigenvalue weighted by atomic mass is 9.94. The van der Waals surface area contributed by atoms with E-state index in [1.807, 2.05) is 6.07 Å². The number of carboxylic acids is 1. The second kappa shape index (κ2) is 4.69. The molecule has 0 saturated heterocycles. The van der Waals surface area contributed by atoms with Gasteiger partial charge in [0.2, 0.25) is 0 Å². The van der Waals surface area contributed by atoms with E-state index < -0.39 is 5.97 Å². The number of hydrogen-bond acceptors (Lipinski definition) is 3.